The van der Waals surface area contributed by atoms with E-state index in [-0.39, 0.29) is 5.76 Å². The predicted molar refractivity (Wildman–Crippen MR) is 71.1 cm³/mol. The van der Waals surface area contributed by atoms with Crippen LogP contribution in [0.4, 0.5) is 5.69 Å². The summed E-state index contributed by atoms with van der Waals surface area (Å²) in [5.41, 5.74) is 7.11. The average molecular weight is 261 g/mol. The fraction of sp³-hybridized carbons (Fsp3) is 0.214. The van der Waals surface area contributed by atoms with Crippen LogP contribution in [0, 0.1) is 0 Å². The van der Waals surface area contributed by atoms with E-state index >= 15 is 0 Å². The number of carbonyl (C=O) groups is 1. The summed E-state index contributed by atoms with van der Waals surface area (Å²) >= 11 is 0. The highest BCUT2D eigenvalue weighted by Crippen LogP contribution is 2.29. The van der Waals surface area contributed by atoms with E-state index in [9.17, 15) is 4.79 Å². The van der Waals surface area contributed by atoms with E-state index in [1.165, 1.54) is 0 Å². The van der Waals surface area contributed by atoms with Crippen molar-refractivity contribution < 1.29 is 18.7 Å². The van der Waals surface area contributed by atoms with Crippen molar-refractivity contribution in [1.29, 1.82) is 0 Å². The molecule has 0 bridgehead atoms. The first-order chi connectivity index (χ1) is 9.15. The Hall–Kier alpha value is -2.43. The maximum Gasteiger partial charge on any atom is 0.374 e. The Morgan fingerprint density at radius 3 is 2.74 bits per heavy atom. The molecule has 0 aliphatic heterocycles. The highest BCUT2D eigenvalue weighted by atomic mass is 16.5. The Labute approximate surface area is 110 Å². The lowest BCUT2D eigenvalue weighted by atomic mass is 10.1. The number of nitrogen functional groups attached to an aromatic ring is 1. The zero-order valence-electron chi connectivity index (χ0n) is 10.8. The molecule has 0 fully saturated rings. The number of furan rings is 1. The van der Waals surface area contributed by atoms with Crippen LogP contribution in [-0.2, 0) is 4.74 Å². The van der Waals surface area contributed by atoms with Gasteiger partial charge in [0.25, 0.3) is 0 Å². The summed E-state index contributed by atoms with van der Waals surface area (Å²) in [6, 6.07) is 8.56. The SMILES string of the molecule is CCOC(=O)c1ccc(-c2ccc(OC)c(N)c2)o1. The second kappa shape index (κ2) is 5.48. The minimum absolute atomic E-state index is 0.172. The van der Waals surface area contributed by atoms with Gasteiger partial charge >= 0.3 is 5.97 Å². The topological polar surface area (TPSA) is 74.7 Å². The first-order valence-electron chi connectivity index (χ1n) is 5.86. The molecule has 19 heavy (non-hydrogen) atoms. The highest BCUT2D eigenvalue weighted by molar-refractivity contribution is 5.87. The third kappa shape index (κ3) is 2.70. The zero-order chi connectivity index (χ0) is 13.8. The molecule has 0 atom stereocenters. The molecule has 100 valence electrons. The fourth-order valence-corrected chi connectivity index (χ4v) is 1.69. The molecule has 2 N–H and O–H groups in total. The molecule has 2 rings (SSSR count). The third-order valence-electron chi connectivity index (χ3n) is 2.60. The van der Waals surface area contributed by atoms with Crippen LogP contribution in [0.1, 0.15) is 17.5 Å². The van der Waals surface area contributed by atoms with Crippen LogP contribution in [0.25, 0.3) is 11.3 Å². The monoisotopic (exact) mass is 261 g/mol. The summed E-state index contributed by atoms with van der Waals surface area (Å²) in [4.78, 5) is 11.5. The number of carbonyl (C=O) groups excluding carboxylic acids is 1. The number of benzene rings is 1. The molecule has 0 saturated carbocycles. The van der Waals surface area contributed by atoms with E-state index in [0.717, 1.165) is 5.56 Å². The Morgan fingerprint density at radius 2 is 2.11 bits per heavy atom. The lowest BCUT2D eigenvalue weighted by Gasteiger charge is -2.05. The maximum atomic E-state index is 11.5. The molecule has 5 nitrogen and oxygen atoms in total. The van der Waals surface area contributed by atoms with E-state index in [0.29, 0.717) is 23.8 Å². The van der Waals surface area contributed by atoms with E-state index in [1.807, 2.05) is 6.07 Å². The summed E-state index contributed by atoms with van der Waals surface area (Å²) < 4.78 is 15.4. The molecule has 2 aromatic rings. The van der Waals surface area contributed by atoms with E-state index < -0.39 is 5.97 Å². The summed E-state index contributed by atoms with van der Waals surface area (Å²) in [5.74, 6) is 0.847. The number of esters is 1. The van der Waals surface area contributed by atoms with E-state index in [4.69, 9.17) is 19.6 Å². The van der Waals surface area contributed by atoms with Crippen molar-refractivity contribution in [2.24, 2.45) is 0 Å². The minimum atomic E-state index is -0.477. The summed E-state index contributed by atoms with van der Waals surface area (Å²) in [5, 5.41) is 0. The summed E-state index contributed by atoms with van der Waals surface area (Å²) in [6.45, 7) is 2.05. The van der Waals surface area contributed by atoms with Crippen molar-refractivity contribution in [3.63, 3.8) is 0 Å². The van der Waals surface area contributed by atoms with Gasteiger partial charge in [0.05, 0.1) is 19.4 Å². The van der Waals surface area contributed by atoms with Crippen LogP contribution in [-0.4, -0.2) is 19.7 Å². The number of methoxy groups -OCH3 is 1. The van der Waals surface area contributed by atoms with Gasteiger partial charge in [-0.15, -0.1) is 0 Å². The molecule has 0 spiro atoms. The summed E-state index contributed by atoms with van der Waals surface area (Å²) in [6.07, 6.45) is 0. The molecule has 0 saturated heterocycles. The van der Waals surface area contributed by atoms with E-state index in [2.05, 4.69) is 0 Å². The molecular formula is C14H15NO4. The Balaban J connectivity index is 2.27. The van der Waals surface area contributed by atoms with Crippen LogP contribution >= 0.6 is 0 Å². The molecule has 0 unspecified atom stereocenters. The molecule has 5 heteroatoms. The van der Waals surface area contributed by atoms with Crippen molar-refractivity contribution in [2.75, 3.05) is 19.5 Å². The molecule has 0 radical (unpaired) electrons. The molecule has 0 amide bonds. The number of hydrogen-bond acceptors (Lipinski definition) is 5. The summed E-state index contributed by atoms with van der Waals surface area (Å²) in [7, 11) is 1.55. The Kier molecular flexibility index (Phi) is 3.75. The van der Waals surface area contributed by atoms with Crippen LogP contribution < -0.4 is 10.5 Å². The number of nitrogens with two attached hydrogens (primary N) is 1. The van der Waals surface area contributed by atoms with Gasteiger partial charge in [-0.1, -0.05) is 0 Å². The van der Waals surface area contributed by atoms with Gasteiger partial charge in [-0.3, -0.25) is 0 Å². The van der Waals surface area contributed by atoms with Crippen molar-refractivity contribution >= 4 is 11.7 Å². The Bertz CT molecular complexity index is 589. The zero-order valence-corrected chi connectivity index (χ0v) is 10.8. The normalized spacial score (nSPS) is 10.2. The molecule has 0 aliphatic carbocycles. The standard InChI is InChI=1S/C14H15NO4/c1-3-18-14(16)13-7-6-11(19-13)9-4-5-12(17-2)10(15)8-9/h4-8H,3,15H2,1-2H3. The van der Waals surface area contributed by atoms with Gasteiger partial charge in [-0.25, -0.2) is 4.79 Å². The van der Waals surface area contributed by atoms with Crippen molar-refractivity contribution in [1.82, 2.24) is 0 Å². The van der Waals surface area contributed by atoms with Gasteiger partial charge in [-0.05, 0) is 37.3 Å². The average Bonchev–Trinajstić information content (AvgIpc) is 2.88. The minimum Gasteiger partial charge on any atom is -0.495 e. The van der Waals surface area contributed by atoms with Crippen LogP contribution in [0.15, 0.2) is 34.7 Å². The predicted octanol–water partition coefficient (Wildman–Crippen LogP) is 2.71. The van der Waals surface area contributed by atoms with Gasteiger partial charge < -0.3 is 19.6 Å². The fourth-order valence-electron chi connectivity index (χ4n) is 1.69. The lowest BCUT2D eigenvalue weighted by Crippen LogP contribution is -2.02. The van der Waals surface area contributed by atoms with Crippen molar-refractivity contribution in [3.05, 3.63) is 36.1 Å². The first kappa shape index (κ1) is 13.0. The second-order valence-corrected chi connectivity index (χ2v) is 3.84. The highest BCUT2D eigenvalue weighted by Gasteiger charge is 2.13. The molecular weight excluding hydrogens is 246 g/mol. The maximum absolute atomic E-state index is 11.5. The quantitative estimate of drug-likeness (QED) is 0.676. The molecule has 0 aliphatic rings. The van der Waals surface area contributed by atoms with E-state index in [1.54, 1.807) is 38.3 Å². The molecule has 1 aromatic carbocycles. The number of hydrogen-bond donors (Lipinski definition) is 1. The Morgan fingerprint density at radius 1 is 1.32 bits per heavy atom. The van der Waals surface area contributed by atoms with Gasteiger partial charge in [0, 0.05) is 5.56 Å². The van der Waals surface area contributed by atoms with Crippen molar-refractivity contribution in [3.8, 4) is 17.1 Å². The first-order valence-corrected chi connectivity index (χ1v) is 5.86. The second-order valence-electron chi connectivity index (χ2n) is 3.84. The number of anilines is 1. The number of ether oxygens (including phenoxy) is 2. The van der Waals surface area contributed by atoms with Gasteiger partial charge in [0.1, 0.15) is 11.5 Å². The largest absolute Gasteiger partial charge is 0.495 e. The molecule has 1 heterocycles. The van der Waals surface area contributed by atoms with Crippen LogP contribution in [0.3, 0.4) is 0 Å². The van der Waals surface area contributed by atoms with Crippen LogP contribution in [0.2, 0.25) is 0 Å². The van der Waals surface area contributed by atoms with Gasteiger partial charge in [0.2, 0.25) is 5.76 Å². The number of rotatable bonds is 4. The lowest BCUT2D eigenvalue weighted by molar-refractivity contribution is 0.0491. The van der Waals surface area contributed by atoms with Gasteiger partial charge in [0.15, 0.2) is 0 Å². The van der Waals surface area contributed by atoms with Crippen molar-refractivity contribution in [2.45, 2.75) is 6.92 Å². The molecule has 1 aromatic heterocycles. The third-order valence-corrected chi connectivity index (χ3v) is 2.60. The van der Waals surface area contributed by atoms with Crippen LogP contribution in [0.5, 0.6) is 5.75 Å². The smallest absolute Gasteiger partial charge is 0.374 e. The van der Waals surface area contributed by atoms with Gasteiger partial charge in [-0.2, -0.15) is 0 Å².